The number of ketones is 1. The second-order valence-electron chi connectivity index (χ2n) is 8.94. The quantitative estimate of drug-likeness (QED) is 0.443. The minimum Gasteiger partial charge on any atom is -0.324 e. The zero-order valence-corrected chi connectivity index (χ0v) is 21.5. The van der Waals surface area contributed by atoms with Gasteiger partial charge in [0.2, 0.25) is 5.91 Å². The Balaban J connectivity index is 1.32. The van der Waals surface area contributed by atoms with Crippen LogP contribution in [0.25, 0.3) is 0 Å². The molecule has 0 aliphatic carbocycles. The fourth-order valence-corrected chi connectivity index (χ4v) is 5.95. The maximum absolute atomic E-state index is 13.2. The maximum atomic E-state index is 13.2. The first-order valence-electron chi connectivity index (χ1n) is 11.2. The van der Waals surface area contributed by atoms with E-state index in [0.717, 1.165) is 29.7 Å². The van der Waals surface area contributed by atoms with Crippen LogP contribution in [-0.4, -0.2) is 40.8 Å². The van der Waals surface area contributed by atoms with Crippen molar-refractivity contribution in [3.05, 3.63) is 96.8 Å². The van der Waals surface area contributed by atoms with E-state index in [1.54, 1.807) is 24.3 Å². The Labute approximate surface area is 214 Å². The van der Waals surface area contributed by atoms with Gasteiger partial charge < -0.3 is 9.88 Å². The minimum absolute atomic E-state index is 0.0517. The molecule has 1 N–H and O–H groups in total. The van der Waals surface area contributed by atoms with Crippen LogP contribution in [0.1, 0.15) is 34.0 Å². The first-order valence-corrected chi connectivity index (χ1v) is 12.8. The monoisotopic (exact) mass is 583 g/mol. The fraction of sp³-hybridized carbons (Fsp3) is 0.269. The maximum Gasteiger partial charge on any atom is 0.250 e. The molecule has 1 aromatic heterocycles. The van der Waals surface area contributed by atoms with Crippen LogP contribution in [0.2, 0.25) is 0 Å². The lowest BCUT2D eigenvalue weighted by molar-refractivity contribution is -0.117. The predicted molar refractivity (Wildman–Crippen MR) is 138 cm³/mol. The molecule has 2 aliphatic heterocycles. The number of anilines is 1. The Bertz CT molecular complexity index is 1340. The molecule has 2 unspecified atom stereocenters. The number of hydrogen-bond acceptors (Lipinski definition) is 4. The Morgan fingerprint density at radius 3 is 2.59 bits per heavy atom. The Morgan fingerprint density at radius 1 is 0.941 bits per heavy atom. The fourth-order valence-electron chi connectivity index (χ4n) is 5.12. The number of benzene rings is 2. The topological polar surface area (TPSA) is 71.4 Å². The van der Waals surface area contributed by atoms with Crippen molar-refractivity contribution < 1.29 is 9.59 Å². The number of nitrogens with zero attached hydrogens (tertiary/aromatic N) is 2. The summed E-state index contributed by atoms with van der Waals surface area (Å²) in [6.45, 7) is 2.44. The molecule has 34 heavy (non-hydrogen) atoms. The van der Waals surface area contributed by atoms with E-state index in [4.69, 9.17) is 0 Å². The third kappa shape index (κ3) is 4.67. The minimum atomic E-state index is -0.168. The molecule has 1 fully saturated rings. The molecule has 2 aromatic carbocycles. The smallest absolute Gasteiger partial charge is 0.250 e. The number of likely N-dealkylation sites (tertiary alicyclic amines) is 1. The molecule has 174 valence electrons. The number of aromatic nitrogens is 1. The van der Waals surface area contributed by atoms with E-state index in [2.05, 4.69) is 42.1 Å². The van der Waals surface area contributed by atoms with E-state index in [1.807, 2.05) is 41.0 Å². The van der Waals surface area contributed by atoms with Gasteiger partial charge in [0.1, 0.15) is 0 Å². The van der Waals surface area contributed by atoms with Crippen molar-refractivity contribution in [2.75, 3.05) is 25.0 Å². The van der Waals surface area contributed by atoms with Gasteiger partial charge in [-0.25, -0.2) is 0 Å². The number of halogens is 2. The molecular weight excluding hydrogens is 562 g/mol. The van der Waals surface area contributed by atoms with Gasteiger partial charge in [-0.15, -0.1) is 0 Å². The summed E-state index contributed by atoms with van der Waals surface area (Å²) in [6, 6.07) is 18.0. The van der Waals surface area contributed by atoms with E-state index >= 15 is 0 Å². The van der Waals surface area contributed by atoms with Crippen LogP contribution >= 0.6 is 31.9 Å². The molecule has 2 atom stereocenters. The summed E-state index contributed by atoms with van der Waals surface area (Å²) in [6.07, 6.45) is 1.04. The van der Waals surface area contributed by atoms with Crippen LogP contribution < -0.4 is 10.9 Å². The summed E-state index contributed by atoms with van der Waals surface area (Å²) in [5.74, 6) is 0.265. The number of carbonyl (C=O) groups is 2. The third-order valence-electron chi connectivity index (χ3n) is 6.54. The average molecular weight is 585 g/mol. The second-order valence-corrected chi connectivity index (χ2v) is 10.7. The first kappa shape index (κ1) is 23.2. The molecule has 0 saturated carbocycles. The number of piperidine rings is 1. The molecule has 2 aliphatic rings. The standard InChI is InChI=1S/C26H23Br2N3O3/c27-18-8-9-22(20(11-18)26(34)19-4-1-2-5-21(19)28)29-24(32)15-30-12-16-10-17(14-30)23-6-3-7-25(33)31(23)13-16/h1-9,11,16-17H,10,12-15H2,(H,29,32). The number of hydrogen-bond donors (Lipinski definition) is 1. The molecule has 1 saturated heterocycles. The van der Waals surface area contributed by atoms with Crippen molar-refractivity contribution in [2.24, 2.45) is 5.92 Å². The summed E-state index contributed by atoms with van der Waals surface area (Å²) in [4.78, 5) is 40.7. The highest BCUT2D eigenvalue weighted by atomic mass is 79.9. The van der Waals surface area contributed by atoms with Gasteiger partial charge in [-0.3, -0.25) is 19.3 Å². The van der Waals surface area contributed by atoms with Crippen LogP contribution in [0, 0.1) is 5.92 Å². The molecule has 3 aromatic rings. The van der Waals surface area contributed by atoms with Gasteiger partial charge in [-0.05, 0) is 48.7 Å². The van der Waals surface area contributed by atoms with Crippen LogP contribution in [0.4, 0.5) is 5.69 Å². The number of pyridine rings is 1. The van der Waals surface area contributed by atoms with Crippen molar-refractivity contribution in [1.82, 2.24) is 9.47 Å². The highest BCUT2D eigenvalue weighted by Gasteiger charge is 2.35. The van der Waals surface area contributed by atoms with Gasteiger partial charge in [0.25, 0.3) is 5.56 Å². The van der Waals surface area contributed by atoms with Crippen LogP contribution in [0.3, 0.4) is 0 Å². The summed E-state index contributed by atoms with van der Waals surface area (Å²) < 4.78 is 3.35. The largest absolute Gasteiger partial charge is 0.324 e. The van der Waals surface area contributed by atoms with Gasteiger partial charge in [-0.2, -0.15) is 0 Å². The molecule has 8 heteroatoms. The van der Waals surface area contributed by atoms with Crippen LogP contribution in [0.15, 0.2) is 74.4 Å². The predicted octanol–water partition coefficient (Wildman–Crippen LogP) is 4.66. The van der Waals surface area contributed by atoms with E-state index in [0.29, 0.717) is 33.7 Å². The molecule has 6 nitrogen and oxygen atoms in total. The third-order valence-corrected chi connectivity index (χ3v) is 7.73. The van der Waals surface area contributed by atoms with Crippen molar-refractivity contribution in [3.8, 4) is 0 Å². The molecule has 0 radical (unpaired) electrons. The van der Waals surface area contributed by atoms with Crippen molar-refractivity contribution in [2.45, 2.75) is 18.9 Å². The molecule has 5 rings (SSSR count). The first-order chi connectivity index (χ1) is 16.4. The number of carbonyl (C=O) groups excluding carboxylic acids is 2. The summed E-state index contributed by atoms with van der Waals surface area (Å²) in [5.41, 5.74) is 2.56. The number of nitrogens with one attached hydrogen (secondary N) is 1. The zero-order valence-electron chi connectivity index (χ0n) is 18.3. The molecule has 3 heterocycles. The highest BCUT2D eigenvalue weighted by Crippen LogP contribution is 2.35. The lowest BCUT2D eigenvalue weighted by Crippen LogP contribution is -2.49. The summed E-state index contributed by atoms with van der Waals surface area (Å²) >= 11 is 6.88. The van der Waals surface area contributed by atoms with Crippen molar-refractivity contribution >= 4 is 49.2 Å². The zero-order chi connectivity index (χ0) is 23.8. The van der Waals surface area contributed by atoms with Gasteiger partial charge in [0.05, 0.1) is 12.2 Å². The molecule has 1 amide bonds. The van der Waals surface area contributed by atoms with Gasteiger partial charge >= 0.3 is 0 Å². The van der Waals surface area contributed by atoms with Gasteiger partial charge in [-0.1, -0.05) is 50.1 Å². The molecular formula is C26H23Br2N3O3. The van der Waals surface area contributed by atoms with Crippen molar-refractivity contribution in [3.63, 3.8) is 0 Å². The van der Waals surface area contributed by atoms with E-state index in [9.17, 15) is 14.4 Å². The van der Waals surface area contributed by atoms with Gasteiger partial charge in [0.15, 0.2) is 5.78 Å². The SMILES string of the molecule is O=C(CN1CC2CC(C1)c1cccc(=O)n1C2)Nc1ccc(Br)cc1C(=O)c1ccccc1Br. The lowest BCUT2D eigenvalue weighted by atomic mass is 9.83. The van der Waals surface area contributed by atoms with E-state index < -0.39 is 0 Å². The number of amides is 1. The molecule has 0 spiro atoms. The second kappa shape index (κ2) is 9.60. The Morgan fingerprint density at radius 2 is 1.76 bits per heavy atom. The Hall–Kier alpha value is -2.55. The number of rotatable bonds is 5. The summed E-state index contributed by atoms with van der Waals surface area (Å²) in [5, 5.41) is 2.96. The average Bonchev–Trinajstić information content (AvgIpc) is 2.81. The lowest BCUT2D eigenvalue weighted by Gasteiger charge is -2.42. The van der Waals surface area contributed by atoms with Crippen LogP contribution in [-0.2, 0) is 11.3 Å². The highest BCUT2D eigenvalue weighted by molar-refractivity contribution is 9.10. The van der Waals surface area contributed by atoms with Crippen molar-refractivity contribution in [1.29, 1.82) is 0 Å². The number of fused-ring (bicyclic) bond motifs is 4. The van der Waals surface area contributed by atoms with E-state index in [1.165, 1.54) is 0 Å². The summed E-state index contributed by atoms with van der Waals surface area (Å²) in [7, 11) is 0. The van der Waals surface area contributed by atoms with Crippen LogP contribution in [0.5, 0.6) is 0 Å². The van der Waals surface area contributed by atoms with E-state index in [-0.39, 0.29) is 29.7 Å². The Kier molecular flexibility index (Phi) is 6.55. The van der Waals surface area contributed by atoms with Gasteiger partial charge in [0, 0.05) is 57.4 Å². The normalized spacial score (nSPS) is 19.4. The molecule has 2 bridgehead atoms.